The number of likely N-dealkylation sites (tertiary alicyclic amines) is 1. The fourth-order valence-corrected chi connectivity index (χ4v) is 4.29. The minimum absolute atomic E-state index is 0.276. The molecule has 2 aliphatic carbocycles. The predicted octanol–water partition coefficient (Wildman–Crippen LogP) is 2.19. The molecule has 1 aromatic rings. The molecule has 2 heterocycles. The molecule has 1 amide bonds. The normalized spacial score (nSPS) is 31.8. The molecule has 5 heteroatoms. The highest BCUT2D eigenvalue weighted by molar-refractivity contribution is 7.09. The Morgan fingerprint density at radius 2 is 2.43 bits per heavy atom. The molecule has 0 bridgehead atoms. The summed E-state index contributed by atoms with van der Waals surface area (Å²) >= 11 is 1.72. The van der Waals surface area contributed by atoms with Gasteiger partial charge in [-0.2, -0.15) is 0 Å². The van der Waals surface area contributed by atoms with Crippen LogP contribution < -0.4 is 5.32 Å². The molecule has 3 fully saturated rings. The molecule has 114 valence electrons. The first-order chi connectivity index (χ1) is 10.1. The van der Waals surface area contributed by atoms with Gasteiger partial charge in [-0.25, -0.2) is 4.98 Å². The van der Waals surface area contributed by atoms with Crippen LogP contribution in [0.1, 0.15) is 36.4 Å². The maximum Gasteiger partial charge on any atom is 0.223 e. The Kier molecular flexibility index (Phi) is 3.30. The monoisotopic (exact) mass is 305 g/mol. The van der Waals surface area contributed by atoms with E-state index < -0.39 is 0 Å². The van der Waals surface area contributed by atoms with E-state index in [1.807, 2.05) is 0 Å². The molecule has 2 saturated carbocycles. The van der Waals surface area contributed by atoms with Crippen molar-refractivity contribution in [3.8, 4) is 0 Å². The molecule has 0 radical (unpaired) electrons. The molecule has 3 aliphatic rings. The maximum absolute atomic E-state index is 12.2. The summed E-state index contributed by atoms with van der Waals surface area (Å²) in [5.41, 5.74) is 1.48. The zero-order chi connectivity index (χ0) is 14.4. The lowest BCUT2D eigenvalue weighted by molar-refractivity contribution is -0.123. The molecule has 2 atom stereocenters. The second-order valence-corrected chi connectivity index (χ2v) is 8.19. The topological polar surface area (TPSA) is 45.2 Å². The minimum Gasteiger partial charge on any atom is -0.356 e. The first-order valence-corrected chi connectivity index (χ1v) is 8.94. The number of aromatic nitrogens is 1. The van der Waals surface area contributed by atoms with Crippen molar-refractivity contribution in [1.29, 1.82) is 0 Å². The summed E-state index contributed by atoms with van der Waals surface area (Å²) in [7, 11) is 0. The number of carbonyl (C=O) groups excluding carboxylic acids is 1. The molecule has 21 heavy (non-hydrogen) atoms. The Morgan fingerprint density at radius 1 is 1.57 bits per heavy atom. The Hall–Kier alpha value is -0.940. The van der Waals surface area contributed by atoms with E-state index in [1.165, 1.54) is 25.0 Å². The fourth-order valence-electron chi connectivity index (χ4n) is 3.69. The molecule has 4 nitrogen and oxygen atoms in total. The molecule has 4 rings (SSSR count). The number of rotatable bonds is 5. The van der Waals surface area contributed by atoms with Crippen molar-refractivity contribution >= 4 is 17.2 Å². The van der Waals surface area contributed by atoms with Crippen molar-refractivity contribution in [2.75, 3.05) is 19.6 Å². The summed E-state index contributed by atoms with van der Waals surface area (Å²) in [6.45, 7) is 6.10. The van der Waals surface area contributed by atoms with E-state index in [9.17, 15) is 4.79 Å². The zero-order valence-corrected chi connectivity index (χ0v) is 13.4. The van der Waals surface area contributed by atoms with Crippen molar-refractivity contribution in [2.24, 2.45) is 17.3 Å². The summed E-state index contributed by atoms with van der Waals surface area (Å²) in [6, 6.07) is 0. The van der Waals surface area contributed by atoms with Crippen molar-refractivity contribution in [2.45, 2.75) is 39.2 Å². The molecule has 1 N–H and O–H groups in total. The molecule has 1 aromatic heterocycles. The first-order valence-electron chi connectivity index (χ1n) is 8.06. The van der Waals surface area contributed by atoms with Gasteiger partial charge in [0.1, 0.15) is 0 Å². The lowest BCUT2D eigenvalue weighted by atomic mass is 10.0. The van der Waals surface area contributed by atoms with Crippen molar-refractivity contribution in [1.82, 2.24) is 15.2 Å². The van der Waals surface area contributed by atoms with Crippen LogP contribution in [0, 0.1) is 24.2 Å². The lowest BCUT2D eigenvalue weighted by Gasteiger charge is -2.14. The standard InChI is InChI=1S/C16H23N3OS/c1-11-18-13(9-21-11)8-19-5-4-16(10-19)6-14(16)15(20)17-7-12-2-3-12/h9,12,14H,2-8,10H2,1H3,(H,17,20). The van der Waals surface area contributed by atoms with Gasteiger partial charge in [-0.3, -0.25) is 9.69 Å². The van der Waals surface area contributed by atoms with Crippen molar-refractivity contribution in [3.05, 3.63) is 16.1 Å². The third-order valence-corrected chi connectivity index (χ3v) is 6.11. The molecule has 1 spiro atoms. The van der Waals surface area contributed by atoms with Gasteiger partial charge in [-0.15, -0.1) is 11.3 Å². The maximum atomic E-state index is 12.2. The SMILES string of the molecule is Cc1nc(CN2CCC3(CC3C(=O)NCC3CC3)C2)cs1. The third-order valence-electron chi connectivity index (χ3n) is 5.28. The summed E-state index contributed by atoms with van der Waals surface area (Å²) < 4.78 is 0. The fraction of sp³-hybridized carbons (Fsp3) is 0.750. The van der Waals surface area contributed by atoms with Crippen LogP contribution in [0.4, 0.5) is 0 Å². The number of hydrogen-bond donors (Lipinski definition) is 1. The summed E-state index contributed by atoms with van der Waals surface area (Å²) in [5, 5.41) is 6.46. The molecule has 1 saturated heterocycles. The van der Waals surface area contributed by atoms with Gasteiger partial charge in [0.15, 0.2) is 0 Å². The smallest absolute Gasteiger partial charge is 0.223 e. The number of hydrogen-bond acceptors (Lipinski definition) is 4. The lowest BCUT2D eigenvalue weighted by Crippen LogP contribution is -2.30. The number of amides is 1. The molecule has 2 unspecified atom stereocenters. The minimum atomic E-state index is 0.276. The van der Waals surface area contributed by atoms with Gasteiger partial charge in [0.05, 0.1) is 10.7 Å². The first kappa shape index (κ1) is 13.7. The molecular weight excluding hydrogens is 282 g/mol. The van der Waals surface area contributed by atoms with Crippen LogP contribution in [0.2, 0.25) is 0 Å². The van der Waals surface area contributed by atoms with Gasteiger partial charge in [0.2, 0.25) is 5.91 Å². The third kappa shape index (κ3) is 2.86. The van der Waals surface area contributed by atoms with E-state index in [4.69, 9.17) is 0 Å². The predicted molar refractivity (Wildman–Crippen MR) is 83.0 cm³/mol. The Balaban J connectivity index is 1.29. The second-order valence-electron chi connectivity index (χ2n) is 7.13. The van der Waals surface area contributed by atoms with E-state index >= 15 is 0 Å². The number of thiazole rings is 1. The van der Waals surface area contributed by atoms with E-state index in [0.29, 0.717) is 11.3 Å². The zero-order valence-electron chi connectivity index (χ0n) is 12.6. The van der Waals surface area contributed by atoms with Crippen LogP contribution >= 0.6 is 11.3 Å². The van der Waals surface area contributed by atoms with Crippen LogP contribution in [-0.4, -0.2) is 35.4 Å². The Labute approximate surface area is 129 Å². The number of nitrogens with one attached hydrogen (secondary N) is 1. The van der Waals surface area contributed by atoms with Gasteiger partial charge >= 0.3 is 0 Å². The van der Waals surface area contributed by atoms with Crippen LogP contribution in [0.15, 0.2) is 5.38 Å². The van der Waals surface area contributed by atoms with Gasteiger partial charge < -0.3 is 5.32 Å². The second kappa shape index (κ2) is 5.06. The van der Waals surface area contributed by atoms with Gasteiger partial charge in [0.25, 0.3) is 0 Å². The van der Waals surface area contributed by atoms with E-state index in [1.54, 1.807) is 11.3 Å². The van der Waals surface area contributed by atoms with Gasteiger partial charge in [-0.1, -0.05) is 0 Å². The number of carbonyl (C=O) groups is 1. The summed E-state index contributed by atoms with van der Waals surface area (Å²) in [5.74, 6) is 1.36. The molecular formula is C16H23N3OS. The molecule has 0 aromatic carbocycles. The van der Waals surface area contributed by atoms with E-state index in [-0.39, 0.29) is 5.92 Å². The highest BCUT2D eigenvalue weighted by Gasteiger charge is 2.60. The average molecular weight is 305 g/mol. The highest BCUT2D eigenvalue weighted by Crippen LogP contribution is 2.58. The largest absolute Gasteiger partial charge is 0.356 e. The van der Waals surface area contributed by atoms with E-state index in [0.717, 1.165) is 43.5 Å². The van der Waals surface area contributed by atoms with Gasteiger partial charge in [0, 0.05) is 30.9 Å². The summed E-state index contributed by atoms with van der Waals surface area (Å²) in [4.78, 5) is 19.3. The average Bonchev–Trinajstić information content (AvgIpc) is 3.32. The number of aryl methyl sites for hydroxylation is 1. The van der Waals surface area contributed by atoms with E-state index in [2.05, 4.69) is 27.5 Å². The van der Waals surface area contributed by atoms with Crippen molar-refractivity contribution < 1.29 is 4.79 Å². The van der Waals surface area contributed by atoms with Gasteiger partial charge in [-0.05, 0) is 50.5 Å². The van der Waals surface area contributed by atoms with Crippen LogP contribution in [0.5, 0.6) is 0 Å². The highest BCUT2D eigenvalue weighted by atomic mass is 32.1. The Morgan fingerprint density at radius 3 is 3.14 bits per heavy atom. The van der Waals surface area contributed by atoms with Crippen molar-refractivity contribution in [3.63, 3.8) is 0 Å². The quantitative estimate of drug-likeness (QED) is 0.907. The summed E-state index contributed by atoms with van der Waals surface area (Å²) in [6.07, 6.45) is 4.88. The molecule has 1 aliphatic heterocycles. The van der Waals surface area contributed by atoms with Crippen LogP contribution in [0.25, 0.3) is 0 Å². The van der Waals surface area contributed by atoms with Crippen LogP contribution in [-0.2, 0) is 11.3 Å². The van der Waals surface area contributed by atoms with Crippen LogP contribution in [0.3, 0.4) is 0 Å². The Bertz CT molecular complexity index is 553. The number of nitrogens with zero attached hydrogens (tertiary/aromatic N) is 2.